The highest BCUT2D eigenvalue weighted by Gasteiger charge is 2.02. The normalized spacial score (nSPS) is 13.4. The van der Waals surface area contributed by atoms with E-state index in [2.05, 4.69) is 15.4 Å². The molecule has 1 atom stereocenters. The number of rotatable bonds is 3. The van der Waals surface area contributed by atoms with Gasteiger partial charge in [-0.05, 0) is 18.6 Å². The number of hydrogen-bond donors (Lipinski definition) is 0. The SMILES string of the molecule is CC(Cl)CCc1nnn(C)n1. The zero-order valence-corrected chi connectivity index (χ0v) is 7.41. The topological polar surface area (TPSA) is 43.6 Å². The van der Waals surface area contributed by atoms with Crippen molar-refractivity contribution in [1.82, 2.24) is 20.2 Å². The van der Waals surface area contributed by atoms with Crippen molar-refractivity contribution in [2.45, 2.75) is 25.1 Å². The summed E-state index contributed by atoms with van der Waals surface area (Å²) in [5.74, 6) is 0.764. The molecule has 0 bridgehead atoms. The van der Waals surface area contributed by atoms with Crippen molar-refractivity contribution >= 4 is 11.6 Å². The minimum Gasteiger partial charge on any atom is -0.167 e. The Morgan fingerprint density at radius 1 is 1.64 bits per heavy atom. The van der Waals surface area contributed by atoms with Crippen molar-refractivity contribution in [2.24, 2.45) is 7.05 Å². The van der Waals surface area contributed by atoms with Crippen LogP contribution in [0.3, 0.4) is 0 Å². The maximum Gasteiger partial charge on any atom is 0.174 e. The third-order valence-corrected chi connectivity index (χ3v) is 1.53. The van der Waals surface area contributed by atoms with Gasteiger partial charge in [0.2, 0.25) is 0 Å². The summed E-state index contributed by atoms with van der Waals surface area (Å²) >= 11 is 5.75. The van der Waals surface area contributed by atoms with Gasteiger partial charge in [0, 0.05) is 11.8 Å². The van der Waals surface area contributed by atoms with Crippen LogP contribution in [-0.4, -0.2) is 25.6 Å². The second kappa shape index (κ2) is 3.67. The number of halogens is 1. The Kier molecular flexibility index (Phi) is 2.82. The first-order valence-corrected chi connectivity index (χ1v) is 3.99. The quantitative estimate of drug-likeness (QED) is 0.636. The second-order valence-electron chi connectivity index (χ2n) is 2.51. The maximum absolute atomic E-state index is 5.75. The van der Waals surface area contributed by atoms with Gasteiger partial charge in [-0.2, -0.15) is 4.80 Å². The van der Waals surface area contributed by atoms with Crippen LogP contribution >= 0.6 is 11.6 Å². The monoisotopic (exact) mass is 174 g/mol. The van der Waals surface area contributed by atoms with Crippen molar-refractivity contribution in [3.63, 3.8) is 0 Å². The Bertz CT molecular complexity index is 220. The van der Waals surface area contributed by atoms with Gasteiger partial charge in [0.15, 0.2) is 5.82 Å². The van der Waals surface area contributed by atoms with Crippen LogP contribution in [-0.2, 0) is 13.5 Å². The average molecular weight is 175 g/mol. The van der Waals surface area contributed by atoms with Gasteiger partial charge >= 0.3 is 0 Å². The summed E-state index contributed by atoms with van der Waals surface area (Å²) in [7, 11) is 1.75. The Balaban J connectivity index is 2.39. The first-order chi connectivity index (χ1) is 5.18. The Morgan fingerprint density at radius 3 is 2.82 bits per heavy atom. The minimum absolute atomic E-state index is 0.179. The lowest BCUT2D eigenvalue weighted by atomic mass is 10.2. The van der Waals surface area contributed by atoms with Crippen molar-refractivity contribution in [3.8, 4) is 0 Å². The highest BCUT2D eigenvalue weighted by atomic mass is 35.5. The number of aryl methyl sites for hydroxylation is 2. The van der Waals surface area contributed by atoms with E-state index in [4.69, 9.17) is 11.6 Å². The number of tetrazole rings is 1. The van der Waals surface area contributed by atoms with Gasteiger partial charge in [0.1, 0.15) is 0 Å². The van der Waals surface area contributed by atoms with E-state index in [0.717, 1.165) is 18.7 Å². The van der Waals surface area contributed by atoms with E-state index in [-0.39, 0.29) is 5.38 Å². The van der Waals surface area contributed by atoms with E-state index >= 15 is 0 Å². The number of nitrogens with zero attached hydrogens (tertiary/aromatic N) is 4. The smallest absolute Gasteiger partial charge is 0.167 e. The van der Waals surface area contributed by atoms with Crippen molar-refractivity contribution in [3.05, 3.63) is 5.82 Å². The van der Waals surface area contributed by atoms with Gasteiger partial charge in [0.25, 0.3) is 0 Å². The summed E-state index contributed by atoms with van der Waals surface area (Å²) in [5.41, 5.74) is 0. The molecule has 1 aromatic rings. The predicted molar refractivity (Wildman–Crippen MR) is 42.4 cm³/mol. The summed E-state index contributed by atoms with van der Waals surface area (Å²) in [5, 5.41) is 11.7. The number of aromatic nitrogens is 4. The molecule has 0 fully saturated rings. The van der Waals surface area contributed by atoms with E-state index in [9.17, 15) is 0 Å². The van der Waals surface area contributed by atoms with E-state index < -0.39 is 0 Å². The van der Waals surface area contributed by atoms with Crippen LogP contribution in [0.5, 0.6) is 0 Å². The van der Waals surface area contributed by atoms with Crippen LogP contribution in [0.1, 0.15) is 19.2 Å². The molecule has 1 aromatic heterocycles. The summed E-state index contributed by atoms with van der Waals surface area (Å²) in [6.45, 7) is 1.96. The molecule has 0 saturated carbocycles. The molecule has 11 heavy (non-hydrogen) atoms. The van der Waals surface area contributed by atoms with Gasteiger partial charge in [-0.1, -0.05) is 0 Å². The molecule has 5 heteroatoms. The first-order valence-electron chi connectivity index (χ1n) is 3.55. The molecule has 1 heterocycles. The van der Waals surface area contributed by atoms with Crippen LogP contribution in [0.15, 0.2) is 0 Å². The second-order valence-corrected chi connectivity index (χ2v) is 3.26. The van der Waals surface area contributed by atoms with Crippen LogP contribution in [0.2, 0.25) is 0 Å². The fourth-order valence-electron chi connectivity index (χ4n) is 0.751. The molecular formula is C6H11ClN4. The van der Waals surface area contributed by atoms with Crippen molar-refractivity contribution in [1.29, 1.82) is 0 Å². The maximum atomic E-state index is 5.75. The lowest BCUT2D eigenvalue weighted by Gasteiger charge is -1.96. The Hall–Kier alpha value is -0.640. The van der Waals surface area contributed by atoms with Gasteiger partial charge < -0.3 is 0 Å². The third kappa shape index (κ3) is 2.84. The molecule has 62 valence electrons. The highest BCUT2D eigenvalue weighted by molar-refractivity contribution is 6.20. The molecule has 0 saturated heterocycles. The predicted octanol–water partition coefficient (Wildman–Crippen LogP) is 0.770. The molecule has 0 spiro atoms. The van der Waals surface area contributed by atoms with E-state index in [1.165, 1.54) is 4.80 Å². The van der Waals surface area contributed by atoms with Crippen molar-refractivity contribution in [2.75, 3.05) is 0 Å². The molecule has 0 radical (unpaired) electrons. The fraction of sp³-hybridized carbons (Fsp3) is 0.833. The van der Waals surface area contributed by atoms with Crippen LogP contribution < -0.4 is 0 Å². The largest absolute Gasteiger partial charge is 0.174 e. The summed E-state index contributed by atoms with van der Waals surface area (Å²) in [4.78, 5) is 1.45. The standard InChI is InChI=1S/C6H11ClN4/c1-5(7)3-4-6-8-10-11(2)9-6/h5H,3-4H2,1-2H3. The van der Waals surface area contributed by atoms with Crippen LogP contribution in [0, 0.1) is 0 Å². The fourth-order valence-corrected chi connectivity index (χ4v) is 0.860. The average Bonchev–Trinajstić information content (AvgIpc) is 2.31. The molecule has 4 nitrogen and oxygen atoms in total. The molecule has 0 aliphatic rings. The van der Waals surface area contributed by atoms with Crippen LogP contribution in [0.25, 0.3) is 0 Å². The molecule has 0 aliphatic heterocycles. The van der Waals surface area contributed by atoms with Gasteiger partial charge in [-0.15, -0.1) is 21.8 Å². The van der Waals surface area contributed by atoms with Crippen LogP contribution in [0.4, 0.5) is 0 Å². The minimum atomic E-state index is 0.179. The molecular weight excluding hydrogens is 164 g/mol. The zero-order chi connectivity index (χ0) is 8.27. The lowest BCUT2D eigenvalue weighted by Crippen LogP contribution is -1.97. The van der Waals surface area contributed by atoms with E-state index in [1.54, 1.807) is 7.05 Å². The van der Waals surface area contributed by atoms with E-state index in [1.807, 2.05) is 6.92 Å². The highest BCUT2D eigenvalue weighted by Crippen LogP contribution is 2.03. The molecule has 0 N–H and O–H groups in total. The third-order valence-electron chi connectivity index (χ3n) is 1.32. The molecule has 0 aliphatic carbocycles. The van der Waals surface area contributed by atoms with Gasteiger partial charge in [-0.3, -0.25) is 0 Å². The van der Waals surface area contributed by atoms with Gasteiger partial charge in [-0.25, -0.2) is 0 Å². The first kappa shape index (κ1) is 8.46. The Morgan fingerprint density at radius 2 is 2.36 bits per heavy atom. The zero-order valence-electron chi connectivity index (χ0n) is 6.66. The Labute approximate surface area is 70.5 Å². The summed E-state index contributed by atoms with van der Waals surface area (Å²) in [6, 6.07) is 0. The lowest BCUT2D eigenvalue weighted by molar-refractivity contribution is 0.626. The van der Waals surface area contributed by atoms with E-state index in [0.29, 0.717) is 0 Å². The number of hydrogen-bond acceptors (Lipinski definition) is 3. The summed E-state index contributed by atoms with van der Waals surface area (Å²) in [6.07, 6.45) is 1.70. The molecule has 1 rings (SSSR count). The number of alkyl halides is 1. The van der Waals surface area contributed by atoms with Gasteiger partial charge in [0.05, 0.1) is 7.05 Å². The molecule has 0 aromatic carbocycles. The molecule has 0 amide bonds. The molecule has 1 unspecified atom stereocenters. The summed E-state index contributed by atoms with van der Waals surface area (Å²) < 4.78 is 0. The van der Waals surface area contributed by atoms with Crippen molar-refractivity contribution < 1.29 is 0 Å².